The Morgan fingerprint density at radius 3 is 2.37 bits per heavy atom. The lowest BCUT2D eigenvalue weighted by atomic mass is 10.1. The van der Waals surface area contributed by atoms with Crippen LogP contribution in [0.15, 0.2) is 42.5 Å². The van der Waals surface area contributed by atoms with E-state index in [0.29, 0.717) is 22.8 Å². The van der Waals surface area contributed by atoms with Gasteiger partial charge in [-0.05, 0) is 68.1 Å². The Bertz CT molecular complexity index is 1000. The summed E-state index contributed by atoms with van der Waals surface area (Å²) in [5, 5.41) is 3.28. The summed E-state index contributed by atoms with van der Waals surface area (Å²) in [7, 11) is -3.72. The van der Waals surface area contributed by atoms with Crippen LogP contribution in [0, 0.1) is 6.92 Å². The molecule has 1 N–H and O–H groups in total. The van der Waals surface area contributed by atoms with Crippen molar-refractivity contribution in [3.63, 3.8) is 0 Å². The van der Waals surface area contributed by atoms with Crippen LogP contribution in [0.4, 0.5) is 17.1 Å². The van der Waals surface area contributed by atoms with Gasteiger partial charge in [0.05, 0.1) is 11.9 Å². The number of carbonyl (C=O) groups is 1. The van der Waals surface area contributed by atoms with E-state index in [0.717, 1.165) is 30.6 Å². The first-order valence-electron chi connectivity index (χ1n) is 10.1. The maximum absolute atomic E-state index is 13.1. The highest BCUT2D eigenvalue weighted by Gasteiger charge is 2.32. The van der Waals surface area contributed by atoms with Crippen LogP contribution in [0.2, 0.25) is 5.02 Å². The molecule has 1 aliphatic rings. The van der Waals surface area contributed by atoms with E-state index >= 15 is 0 Å². The van der Waals surface area contributed by atoms with E-state index in [1.54, 1.807) is 32.0 Å². The van der Waals surface area contributed by atoms with Crippen LogP contribution < -0.4 is 14.5 Å². The highest BCUT2D eigenvalue weighted by Crippen LogP contribution is 2.30. The predicted octanol–water partition coefficient (Wildman–Crippen LogP) is 4.43. The number of carbonyl (C=O) groups excluding carboxylic acids is 1. The molecule has 1 heterocycles. The topological polar surface area (TPSA) is 69.7 Å². The zero-order valence-electron chi connectivity index (χ0n) is 17.6. The third-order valence-corrected chi connectivity index (χ3v) is 6.75. The van der Waals surface area contributed by atoms with Gasteiger partial charge >= 0.3 is 0 Å². The number of hydrogen-bond donors (Lipinski definition) is 1. The summed E-state index contributed by atoms with van der Waals surface area (Å²) in [5.41, 5.74) is 2.91. The summed E-state index contributed by atoms with van der Waals surface area (Å²) in [4.78, 5) is 15.4. The van der Waals surface area contributed by atoms with Crippen molar-refractivity contribution in [2.24, 2.45) is 0 Å². The Kier molecular flexibility index (Phi) is 6.93. The van der Waals surface area contributed by atoms with Gasteiger partial charge < -0.3 is 10.2 Å². The minimum Gasteiger partial charge on any atom is -0.372 e. The first-order chi connectivity index (χ1) is 14.2. The second-order valence-corrected chi connectivity index (χ2v) is 9.94. The van der Waals surface area contributed by atoms with Gasteiger partial charge in [0.1, 0.15) is 6.04 Å². The number of benzene rings is 2. The number of aryl methyl sites for hydroxylation is 1. The number of amides is 1. The number of nitrogens with one attached hydrogen (secondary N) is 1. The van der Waals surface area contributed by atoms with E-state index in [4.69, 9.17) is 11.6 Å². The van der Waals surface area contributed by atoms with Gasteiger partial charge in [0, 0.05) is 29.5 Å². The van der Waals surface area contributed by atoms with Gasteiger partial charge in [0.2, 0.25) is 15.9 Å². The molecule has 1 amide bonds. The molecule has 8 heteroatoms. The molecule has 0 aromatic heterocycles. The molecule has 1 aliphatic heterocycles. The SMILES string of the molecule is CC[C@@H](C(=O)Nc1ccc(N2CCCC2)cc1)N(c1cc(Cl)ccc1C)S(C)(=O)=O. The molecule has 30 heavy (non-hydrogen) atoms. The van der Waals surface area contributed by atoms with E-state index in [2.05, 4.69) is 10.2 Å². The van der Waals surface area contributed by atoms with Crippen LogP contribution in [0.1, 0.15) is 31.7 Å². The van der Waals surface area contributed by atoms with Crippen molar-refractivity contribution in [1.29, 1.82) is 0 Å². The van der Waals surface area contributed by atoms with Crippen LogP contribution in [-0.4, -0.2) is 39.7 Å². The lowest BCUT2D eigenvalue weighted by Gasteiger charge is -2.31. The molecule has 0 aliphatic carbocycles. The third kappa shape index (κ3) is 5.08. The standard InChI is InChI=1S/C22H28ClN3O3S/c1-4-20(26(30(3,28)29)21-15-17(23)8-7-16(21)2)22(27)24-18-9-11-19(12-10-18)25-13-5-6-14-25/h7-12,15,20H,4-6,13-14H2,1-3H3,(H,24,27)/t20-/m0/s1. The number of rotatable bonds is 7. The summed E-state index contributed by atoms with van der Waals surface area (Å²) in [6.45, 7) is 5.68. The van der Waals surface area contributed by atoms with Crippen molar-refractivity contribution >= 4 is 44.6 Å². The van der Waals surface area contributed by atoms with E-state index in [-0.39, 0.29) is 5.91 Å². The maximum Gasteiger partial charge on any atom is 0.248 e. The first kappa shape index (κ1) is 22.4. The fraction of sp³-hybridized carbons (Fsp3) is 0.409. The van der Waals surface area contributed by atoms with E-state index in [9.17, 15) is 13.2 Å². The minimum atomic E-state index is -3.72. The summed E-state index contributed by atoms with van der Waals surface area (Å²) < 4.78 is 26.5. The molecule has 3 rings (SSSR count). The second-order valence-electron chi connectivity index (χ2n) is 7.64. The molecule has 1 saturated heterocycles. The van der Waals surface area contributed by atoms with Crippen LogP contribution in [0.3, 0.4) is 0 Å². The smallest absolute Gasteiger partial charge is 0.248 e. The Labute approximate surface area is 183 Å². The van der Waals surface area contributed by atoms with E-state index < -0.39 is 16.1 Å². The average Bonchev–Trinajstić information content (AvgIpc) is 3.22. The number of hydrogen-bond acceptors (Lipinski definition) is 4. The van der Waals surface area contributed by atoms with Gasteiger partial charge in [0.15, 0.2) is 0 Å². The third-order valence-electron chi connectivity index (χ3n) is 5.34. The molecule has 2 aromatic carbocycles. The Morgan fingerprint density at radius 1 is 1.17 bits per heavy atom. The van der Waals surface area contributed by atoms with Crippen molar-refractivity contribution in [1.82, 2.24) is 0 Å². The molecule has 0 unspecified atom stereocenters. The first-order valence-corrected chi connectivity index (χ1v) is 12.3. The molecule has 2 aromatic rings. The maximum atomic E-state index is 13.1. The zero-order chi connectivity index (χ0) is 21.9. The summed E-state index contributed by atoms with van der Waals surface area (Å²) >= 11 is 6.11. The Morgan fingerprint density at radius 2 is 1.80 bits per heavy atom. The van der Waals surface area contributed by atoms with Crippen LogP contribution >= 0.6 is 11.6 Å². The summed E-state index contributed by atoms with van der Waals surface area (Å²) in [6, 6.07) is 11.8. The fourth-order valence-electron chi connectivity index (χ4n) is 3.81. The van der Waals surface area contributed by atoms with Crippen LogP contribution in [0.5, 0.6) is 0 Å². The lowest BCUT2D eigenvalue weighted by molar-refractivity contribution is -0.117. The van der Waals surface area contributed by atoms with Gasteiger partial charge in [0.25, 0.3) is 0 Å². The predicted molar refractivity (Wildman–Crippen MR) is 124 cm³/mol. The van der Waals surface area contributed by atoms with Gasteiger partial charge in [-0.1, -0.05) is 24.6 Å². The number of nitrogens with zero attached hydrogens (tertiary/aromatic N) is 2. The van der Waals surface area contributed by atoms with E-state index in [1.807, 2.05) is 24.3 Å². The van der Waals surface area contributed by atoms with Gasteiger partial charge in [-0.15, -0.1) is 0 Å². The molecule has 0 spiro atoms. The second kappa shape index (κ2) is 9.27. The highest BCUT2D eigenvalue weighted by atomic mass is 35.5. The number of anilines is 3. The highest BCUT2D eigenvalue weighted by molar-refractivity contribution is 7.92. The Balaban J connectivity index is 1.84. The lowest BCUT2D eigenvalue weighted by Crippen LogP contribution is -2.47. The Hall–Kier alpha value is -2.25. The van der Waals surface area contributed by atoms with Crippen LogP contribution in [-0.2, 0) is 14.8 Å². The van der Waals surface area contributed by atoms with E-state index in [1.165, 1.54) is 17.1 Å². The molecule has 0 saturated carbocycles. The van der Waals surface area contributed by atoms with Crippen molar-refractivity contribution < 1.29 is 13.2 Å². The molecule has 1 atom stereocenters. The monoisotopic (exact) mass is 449 g/mol. The molecule has 6 nitrogen and oxygen atoms in total. The minimum absolute atomic E-state index is 0.316. The fourth-order valence-corrected chi connectivity index (χ4v) is 5.24. The van der Waals surface area contributed by atoms with Gasteiger partial charge in [-0.25, -0.2) is 8.42 Å². The number of halogens is 1. The normalized spacial score (nSPS) is 15.1. The van der Waals surface area contributed by atoms with Crippen molar-refractivity contribution in [3.8, 4) is 0 Å². The van der Waals surface area contributed by atoms with Gasteiger partial charge in [-0.3, -0.25) is 9.10 Å². The van der Waals surface area contributed by atoms with Gasteiger partial charge in [-0.2, -0.15) is 0 Å². The molecule has 0 bridgehead atoms. The largest absolute Gasteiger partial charge is 0.372 e. The van der Waals surface area contributed by atoms with Crippen LogP contribution in [0.25, 0.3) is 0 Å². The van der Waals surface area contributed by atoms with Crippen molar-refractivity contribution in [2.75, 3.05) is 33.9 Å². The quantitative estimate of drug-likeness (QED) is 0.678. The van der Waals surface area contributed by atoms with Crippen molar-refractivity contribution in [2.45, 2.75) is 39.2 Å². The summed E-state index contributed by atoms with van der Waals surface area (Å²) in [5.74, 6) is -0.378. The van der Waals surface area contributed by atoms with Crippen molar-refractivity contribution in [3.05, 3.63) is 53.1 Å². The number of sulfonamides is 1. The molecular formula is C22H28ClN3O3S. The molecule has 0 radical (unpaired) electrons. The molecular weight excluding hydrogens is 422 g/mol. The molecule has 162 valence electrons. The average molecular weight is 450 g/mol. The zero-order valence-corrected chi connectivity index (χ0v) is 19.1. The molecule has 1 fully saturated rings. The summed E-state index contributed by atoms with van der Waals surface area (Å²) in [6.07, 6.45) is 3.81.